The van der Waals surface area contributed by atoms with Gasteiger partial charge in [-0.25, -0.2) is 4.79 Å². The Labute approximate surface area is 228 Å². The van der Waals surface area contributed by atoms with Crippen LogP contribution in [0.3, 0.4) is 0 Å². The van der Waals surface area contributed by atoms with Gasteiger partial charge in [0.25, 0.3) is 0 Å². The predicted molar refractivity (Wildman–Crippen MR) is 149 cm³/mol. The molecule has 0 aromatic heterocycles. The third-order valence-electron chi connectivity index (χ3n) is 6.88. The average Bonchev–Trinajstić information content (AvgIpc) is 3.32. The minimum atomic E-state index is -0.357. The van der Waals surface area contributed by atoms with Gasteiger partial charge >= 0.3 is 6.09 Å². The van der Waals surface area contributed by atoms with Crippen LogP contribution in [-0.2, 0) is 22.5 Å². The minimum absolute atomic E-state index is 0. The number of hydrogen-bond donors (Lipinski definition) is 2. The van der Waals surface area contributed by atoms with E-state index in [1.807, 2.05) is 36.4 Å². The normalized spacial score (nSPS) is 17.6. The summed E-state index contributed by atoms with van der Waals surface area (Å²) in [5.41, 5.74) is 2.21. The molecule has 1 saturated heterocycles. The first kappa shape index (κ1) is 30.7. The summed E-state index contributed by atoms with van der Waals surface area (Å²) in [4.78, 5) is 12.5. The Hall–Kier alpha value is -2.48. The molecule has 1 aliphatic heterocycles. The number of methoxy groups -OCH3 is 2. The van der Waals surface area contributed by atoms with Gasteiger partial charge in [0.1, 0.15) is 6.61 Å². The first-order valence-corrected chi connectivity index (χ1v) is 13.0. The molecular weight excluding hydrogens is 492 g/mol. The molecule has 0 radical (unpaired) electrons. The lowest BCUT2D eigenvalue weighted by molar-refractivity contribution is 0.132. The summed E-state index contributed by atoms with van der Waals surface area (Å²) >= 11 is 0. The van der Waals surface area contributed by atoms with Crippen LogP contribution >= 0.6 is 12.4 Å². The average molecular weight is 535 g/mol. The van der Waals surface area contributed by atoms with Crippen LogP contribution in [0, 0.1) is 17.8 Å². The van der Waals surface area contributed by atoms with E-state index < -0.39 is 0 Å². The monoisotopic (exact) mass is 534 g/mol. The van der Waals surface area contributed by atoms with E-state index in [2.05, 4.69) is 36.6 Å². The zero-order valence-electron chi connectivity index (χ0n) is 22.5. The molecule has 0 bridgehead atoms. The number of hydrogen-bond acceptors (Lipinski definition) is 6. The molecule has 3 atom stereocenters. The number of carbonyl (C=O) groups is 1. The maximum atomic E-state index is 12.5. The zero-order chi connectivity index (χ0) is 25.8. The maximum absolute atomic E-state index is 12.5. The molecule has 2 aromatic rings. The fraction of sp³-hybridized carbons (Fsp3) is 0.552. The topological polar surface area (TPSA) is 78.1 Å². The van der Waals surface area contributed by atoms with Crippen molar-refractivity contribution in [2.24, 2.45) is 17.8 Å². The van der Waals surface area contributed by atoms with Crippen molar-refractivity contribution in [2.45, 2.75) is 45.8 Å². The molecule has 206 valence electrons. The van der Waals surface area contributed by atoms with Crippen molar-refractivity contribution in [2.75, 3.05) is 40.5 Å². The highest BCUT2D eigenvalue weighted by molar-refractivity contribution is 5.85. The van der Waals surface area contributed by atoms with E-state index in [0.29, 0.717) is 31.0 Å². The number of benzene rings is 2. The largest absolute Gasteiger partial charge is 0.493 e. The quantitative estimate of drug-likeness (QED) is 0.322. The second kappa shape index (κ2) is 16.4. The fourth-order valence-corrected chi connectivity index (χ4v) is 4.69. The molecule has 8 heteroatoms. The van der Waals surface area contributed by atoms with E-state index in [-0.39, 0.29) is 31.1 Å². The highest BCUT2D eigenvalue weighted by Crippen LogP contribution is 2.32. The van der Waals surface area contributed by atoms with Crippen molar-refractivity contribution >= 4 is 18.5 Å². The maximum Gasteiger partial charge on any atom is 0.407 e. The van der Waals surface area contributed by atoms with Crippen LogP contribution in [0.25, 0.3) is 0 Å². The van der Waals surface area contributed by atoms with Gasteiger partial charge in [0.15, 0.2) is 11.5 Å². The molecule has 0 saturated carbocycles. The Balaban J connectivity index is 0.00000481. The summed E-state index contributed by atoms with van der Waals surface area (Å²) in [5.74, 6) is 2.84. The van der Waals surface area contributed by atoms with Gasteiger partial charge in [-0.3, -0.25) is 0 Å². The van der Waals surface area contributed by atoms with Gasteiger partial charge < -0.3 is 29.6 Å². The van der Waals surface area contributed by atoms with Crippen molar-refractivity contribution < 1.29 is 23.7 Å². The molecule has 1 aliphatic rings. The van der Waals surface area contributed by atoms with E-state index in [1.54, 1.807) is 14.2 Å². The van der Waals surface area contributed by atoms with Crippen molar-refractivity contribution in [3.05, 3.63) is 59.7 Å². The van der Waals surface area contributed by atoms with Crippen molar-refractivity contribution in [1.29, 1.82) is 0 Å². The summed E-state index contributed by atoms with van der Waals surface area (Å²) in [6.07, 6.45) is 2.43. The number of amides is 1. The molecule has 2 aromatic carbocycles. The lowest BCUT2D eigenvalue weighted by atomic mass is 9.80. The number of rotatable bonds is 14. The molecule has 37 heavy (non-hydrogen) atoms. The number of alkyl carbamates (subject to hydrolysis) is 1. The van der Waals surface area contributed by atoms with Gasteiger partial charge in [0, 0.05) is 39.3 Å². The lowest BCUT2D eigenvalue weighted by Gasteiger charge is -2.28. The Morgan fingerprint density at radius 3 is 2.51 bits per heavy atom. The molecular formula is C29H43ClN2O5. The summed E-state index contributed by atoms with van der Waals surface area (Å²) in [6, 6.07) is 16.0. The number of halogens is 1. The number of nitrogens with one attached hydrogen (secondary N) is 2. The molecule has 1 fully saturated rings. The molecule has 0 aliphatic carbocycles. The molecule has 0 unspecified atom stereocenters. The Morgan fingerprint density at radius 2 is 1.81 bits per heavy atom. The van der Waals surface area contributed by atoms with E-state index >= 15 is 0 Å². The summed E-state index contributed by atoms with van der Waals surface area (Å²) < 4.78 is 22.1. The smallest absolute Gasteiger partial charge is 0.407 e. The van der Waals surface area contributed by atoms with Crippen molar-refractivity contribution in [1.82, 2.24) is 10.6 Å². The van der Waals surface area contributed by atoms with Crippen molar-refractivity contribution in [3.63, 3.8) is 0 Å². The summed E-state index contributed by atoms with van der Waals surface area (Å²) in [7, 11) is 3.36. The molecule has 3 rings (SSSR count). The van der Waals surface area contributed by atoms with Gasteiger partial charge in [0.05, 0.1) is 13.7 Å². The third kappa shape index (κ3) is 10.1. The summed E-state index contributed by atoms with van der Waals surface area (Å²) in [5, 5.41) is 6.54. The third-order valence-corrected chi connectivity index (χ3v) is 6.88. The van der Waals surface area contributed by atoms with E-state index in [4.69, 9.17) is 18.9 Å². The van der Waals surface area contributed by atoms with E-state index in [9.17, 15) is 4.79 Å². The first-order valence-electron chi connectivity index (χ1n) is 13.0. The Bertz CT molecular complexity index is 928. The first-order chi connectivity index (χ1) is 17.5. The number of carbonyl (C=O) groups excluding carboxylic acids is 1. The minimum Gasteiger partial charge on any atom is -0.493 e. The zero-order valence-corrected chi connectivity index (χ0v) is 23.4. The van der Waals surface area contributed by atoms with Crippen LogP contribution in [0.5, 0.6) is 11.5 Å². The second-order valence-electron chi connectivity index (χ2n) is 9.85. The second-order valence-corrected chi connectivity index (χ2v) is 9.85. The lowest BCUT2D eigenvalue weighted by Crippen LogP contribution is -2.41. The highest BCUT2D eigenvalue weighted by atomic mass is 35.5. The van der Waals surface area contributed by atoms with Gasteiger partial charge in [-0.2, -0.15) is 0 Å². The number of ether oxygens (including phenoxy) is 4. The Kier molecular flexibility index (Phi) is 13.6. The van der Waals surface area contributed by atoms with Gasteiger partial charge in [-0.05, 0) is 53.9 Å². The molecule has 7 nitrogen and oxygen atoms in total. The van der Waals surface area contributed by atoms with Crippen LogP contribution in [0.15, 0.2) is 48.5 Å². The van der Waals surface area contributed by atoms with Crippen LogP contribution in [0.2, 0.25) is 0 Å². The van der Waals surface area contributed by atoms with Crippen LogP contribution in [0.1, 0.15) is 37.8 Å². The Morgan fingerprint density at radius 1 is 1.03 bits per heavy atom. The van der Waals surface area contributed by atoms with Crippen molar-refractivity contribution in [3.8, 4) is 11.5 Å². The molecule has 1 heterocycles. The van der Waals surface area contributed by atoms with E-state index in [1.165, 1.54) is 5.56 Å². The van der Waals surface area contributed by atoms with Gasteiger partial charge in [-0.15, -0.1) is 12.4 Å². The van der Waals surface area contributed by atoms with Crippen LogP contribution in [0.4, 0.5) is 4.79 Å². The molecule has 0 spiro atoms. The fourth-order valence-electron chi connectivity index (χ4n) is 4.69. The SMILES string of the molecule is COCCCOc1cc(C[C@@H](C[C@@H]2CNC[C@H]2NC(=O)OCc2ccccc2)C(C)C)ccc1OC.Cl. The van der Waals surface area contributed by atoms with Crippen LogP contribution in [-0.4, -0.2) is 52.7 Å². The van der Waals surface area contributed by atoms with Gasteiger partial charge in [-0.1, -0.05) is 50.2 Å². The summed E-state index contributed by atoms with van der Waals surface area (Å²) in [6.45, 7) is 7.73. The van der Waals surface area contributed by atoms with Gasteiger partial charge in [0.2, 0.25) is 0 Å². The van der Waals surface area contributed by atoms with E-state index in [0.717, 1.165) is 49.4 Å². The highest BCUT2D eigenvalue weighted by Gasteiger charge is 2.32. The standard InChI is InChI=1S/C29H42N2O5.ClH/c1-21(2)24(15-23-11-12-27(34-4)28(16-23)35-14-8-13-33-3)17-25-18-30-19-26(25)31-29(32)36-20-22-9-6-5-7-10-22;/h5-7,9-12,16,21,24-26,30H,8,13-15,17-20H2,1-4H3,(H,31,32);1H/t24-,25+,26+;/m0./s1. The van der Waals surface area contributed by atoms with Crippen LogP contribution < -0.4 is 20.1 Å². The molecule has 2 N–H and O–H groups in total. The predicted octanol–water partition coefficient (Wildman–Crippen LogP) is 5.25. The molecule has 1 amide bonds.